The van der Waals surface area contributed by atoms with Crippen LogP contribution in [-0.4, -0.2) is 79.1 Å². The molecule has 4 aromatic rings. The Morgan fingerprint density at radius 1 is 0.778 bits per heavy atom. The van der Waals surface area contributed by atoms with Gasteiger partial charge in [-0.15, -0.1) is 0 Å². The van der Waals surface area contributed by atoms with Gasteiger partial charge in [0.15, 0.2) is 22.7 Å². The Morgan fingerprint density at radius 2 is 1.31 bits per heavy atom. The van der Waals surface area contributed by atoms with Gasteiger partial charge in [0.2, 0.25) is 17.8 Å². The number of methoxy groups -OCH3 is 3. The third-order valence-electron chi connectivity index (χ3n) is 6.20. The molecule has 13 nitrogen and oxygen atoms in total. The zero-order valence-electron chi connectivity index (χ0n) is 19.2. The molecule has 13 heteroatoms. The molecule has 1 fully saturated rings. The van der Waals surface area contributed by atoms with Gasteiger partial charge >= 0.3 is 11.3 Å². The molecule has 36 heavy (non-hydrogen) atoms. The highest BCUT2D eigenvalue weighted by atomic mass is 16.7. The first-order valence-electron chi connectivity index (χ1n) is 10.7. The number of aliphatic hydroxyl groups excluding tert-OH is 4. The van der Waals surface area contributed by atoms with Gasteiger partial charge in [0.05, 0.1) is 38.7 Å². The first-order valence-corrected chi connectivity index (χ1v) is 10.7. The largest absolute Gasteiger partial charge is 0.493 e. The number of hydrogen-bond acceptors (Lipinski definition) is 13. The second kappa shape index (κ2) is 8.80. The maximum Gasteiger partial charge on any atom is 0.344 e. The van der Waals surface area contributed by atoms with Crippen LogP contribution in [-0.2, 0) is 4.74 Å². The van der Waals surface area contributed by atoms with Gasteiger partial charge in [0.25, 0.3) is 0 Å². The lowest BCUT2D eigenvalue weighted by Gasteiger charge is -2.39. The minimum atomic E-state index is -1.74. The number of rotatable bonds is 6. The van der Waals surface area contributed by atoms with Crippen molar-refractivity contribution in [1.82, 2.24) is 0 Å². The first kappa shape index (κ1) is 24.1. The summed E-state index contributed by atoms with van der Waals surface area (Å²) in [7, 11) is 3.98. The monoisotopic (exact) mass is 506 g/mol. The Kier molecular flexibility index (Phi) is 5.89. The van der Waals surface area contributed by atoms with E-state index in [1.54, 1.807) is 0 Å². The zero-order chi connectivity index (χ0) is 25.9. The molecule has 0 bridgehead atoms. The first-order chi connectivity index (χ1) is 17.2. The number of ether oxygens (including phenoxy) is 5. The summed E-state index contributed by atoms with van der Waals surface area (Å²) in [6.45, 7) is -0.674. The predicted molar refractivity (Wildman–Crippen MR) is 121 cm³/mol. The lowest BCUT2D eigenvalue weighted by atomic mass is 9.99. The van der Waals surface area contributed by atoms with Crippen LogP contribution >= 0.6 is 0 Å². The van der Waals surface area contributed by atoms with Crippen molar-refractivity contribution in [3.05, 3.63) is 33.0 Å². The lowest BCUT2D eigenvalue weighted by Crippen LogP contribution is -2.60. The van der Waals surface area contributed by atoms with E-state index in [-0.39, 0.29) is 55.7 Å². The molecule has 0 saturated carbocycles. The fourth-order valence-corrected chi connectivity index (χ4v) is 4.46. The number of aliphatic hydroxyl groups is 4. The summed E-state index contributed by atoms with van der Waals surface area (Å²) < 4.78 is 38.2. The molecule has 192 valence electrons. The number of benzene rings is 2. The molecule has 5 rings (SSSR count). The van der Waals surface area contributed by atoms with E-state index in [1.165, 1.54) is 33.5 Å². The highest BCUT2D eigenvalue weighted by Gasteiger charge is 2.45. The van der Waals surface area contributed by atoms with Crippen molar-refractivity contribution in [3.63, 3.8) is 0 Å². The minimum Gasteiger partial charge on any atom is -0.493 e. The SMILES string of the molecule is COc1cc2c(=O)oc3c(OC)c(OC4OC(CO)C(O)C(O)C4O)cc4c(=O)oc(c1OC)c2c34. The third kappa shape index (κ3) is 3.36. The van der Waals surface area contributed by atoms with Gasteiger partial charge in [0, 0.05) is 10.8 Å². The fourth-order valence-electron chi connectivity index (χ4n) is 4.46. The maximum atomic E-state index is 13.0. The van der Waals surface area contributed by atoms with Crippen molar-refractivity contribution >= 4 is 32.7 Å². The maximum absolute atomic E-state index is 13.0. The summed E-state index contributed by atoms with van der Waals surface area (Å²) in [4.78, 5) is 26.0. The fraction of sp³-hybridized carbons (Fsp3) is 0.391. The van der Waals surface area contributed by atoms with Gasteiger partial charge in [-0.3, -0.25) is 0 Å². The van der Waals surface area contributed by atoms with E-state index in [0.717, 1.165) is 0 Å². The van der Waals surface area contributed by atoms with Crippen molar-refractivity contribution in [2.24, 2.45) is 0 Å². The molecule has 0 aliphatic carbocycles. The Balaban J connectivity index is 1.78. The van der Waals surface area contributed by atoms with Crippen LogP contribution < -0.4 is 30.2 Å². The number of hydrogen-bond donors (Lipinski definition) is 4. The standard InChI is InChI=1S/C23H22O13/c1-30-9-4-7-12-13-8(22(29)35-19(12)17(9)31-2)5-10(18(32-3)20(13)36-21(7)28)33-23-16(27)15(26)14(25)11(6-24)34-23/h4-5,11,14-16,23-27H,6H2,1-3H3. The summed E-state index contributed by atoms with van der Waals surface area (Å²) in [6, 6.07) is 2.64. The van der Waals surface area contributed by atoms with E-state index in [9.17, 15) is 30.0 Å². The molecular weight excluding hydrogens is 484 g/mol. The van der Waals surface area contributed by atoms with Crippen LogP contribution in [0.5, 0.6) is 23.0 Å². The molecule has 2 aromatic heterocycles. The van der Waals surface area contributed by atoms with Crippen molar-refractivity contribution in [1.29, 1.82) is 0 Å². The summed E-state index contributed by atoms with van der Waals surface area (Å²) >= 11 is 0. The van der Waals surface area contributed by atoms with E-state index >= 15 is 0 Å². The molecule has 2 aromatic carbocycles. The molecule has 1 saturated heterocycles. The summed E-state index contributed by atoms with van der Waals surface area (Å²) in [5.74, 6) is -0.0817. The summed E-state index contributed by atoms with van der Waals surface area (Å²) in [6.07, 6.45) is -7.88. The van der Waals surface area contributed by atoms with Crippen LogP contribution in [0.4, 0.5) is 0 Å². The van der Waals surface area contributed by atoms with Crippen molar-refractivity contribution in [2.75, 3.05) is 27.9 Å². The van der Waals surface area contributed by atoms with Gasteiger partial charge in [-0.2, -0.15) is 0 Å². The molecular formula is C23H22O13. The Hall–Kier alpha value is -3.62. The van der Waals surface area contributed by atoms with Crippen molar-refractivity contribution in [2.45, 2.75) is 30.7 Å². The highest BCUT2D eigenvalue weighted by molar-refractivity contribution is 6.22. The second-order valence-electron chi connectivity index (χ2n) is 8.12. The Morgan fingerprint density at radius 3 is 1.81 bits per heavy atom. The Labute approximate surface area is 200 Å². The van der Waals surface area contributed by atoms with Crippen molar-refractivity contribution < 1.29 is 52.9 Å². The average Bonchev–Trinajstić information content (AvgIpc) is 2.87. The van der Waals surface area contributed by atoms with Gasteiger partial charge in [0.1, 0.15) is 24.4 Å². The average molecular weight is 506 g/mol. The molecule has 0 spiro atoms. The summed E-state index contributed by atoms with van der Waals surface area (Å²) in [5, 5.41) is 40.3. The second-order valence-corrected chi connectivity index (χ2v) is 8.12. The zero-order valence-corrected chi connectivity index (χ0v) is 19.2. The van der Waals surface area contributed by atoms with E-state index in [1.807, 2.05) is 0 Å². The van der Waals surface area contributed by atoms with Crippen LogP contribution in [0.3, 0.4) is 0 Å². The lowest BCUT2D eigenvalue weighted by molar-refractivity contribution is -0.277. The topological polar surface area (TPSA) is 187 Å². The van der Waals surface area contributed by atoms with Gasteiger partial charge < -0.3 is 52.9 Å². The van der Waals surface area contributed by atoms with Gasteiger partial charge in [-0.25, -0.2) is 9.59 Å². The van der Waals surface area contributed by atoms with Crippen LogP contribution in [0.1, 0.15) is 0 Å². The van der Waals surface area contributed by atoms with Gasteiger partial charge in [-0.1, -0.05) is 0 Å². The molecule has 1 aliphatic rings. The molecule has 3 heterocycles. The van der Waals surface area contributed by atoms with Crippen LogP contribution in [0.2, 0.25) is 0 Å². The molecule has 5 unspecified atom stereocenters. The highest BCUT2D eigenvalue weighted by Crippen LogP contribution is 2.46. The van der Waals surface area contributed by atoms with Gasteiger partial charge in [-0.05, 0) is 12.1 Å². The normalized spacial score (nSPS) is 24.5. The molecule has 0 radical (unpaired) electrons. The molecule has 4 N–H and O–H groups in total. The predicted octanol–water partition coefficient (Wildman–Crippen LogP) is -0.305. The minimum absolute atomic E-state index is 0.0353. The van der Waals surface area contributed by atoms with E-state index in [0.29, 0.717) is 0 Å². The third-order valence-corrected chi connectivity index (χ3v) is 6.20. The van der Waals surface area contributed by atoms with Crippen LogP contribution in [0.25, 0.3) is 32.7 Å². The summed E-state index contributed by atoms with van der Waals surface area (Å²) in [5.41, 5.74) is -1.83. The van der Waals surface area contributed by atoms with E-state index in [4.69, 9.17) is 32.5 Å². The molecule has 0 amide bonds. The smallest absolute Gasteiger partial charge is 0.344 e. The van der Waals surface area contributed by atoms with Crippen LogP contribution in [0.15, 0.2) is 30.6 Å². The molecule has 5 atom stereocenters. The quantitative estimate of drug-likeness (QED) is 0.197. The van der Waals surface area contributed by atoms with Crippen molar-refractivity contribution in [3.8, 4) is 23.0 Å². The Bertz CT molecular complexity index is 1550. The molecule has 1 aliphatic heterocycles. The van der Waals surface area contributed by atoms with E-state index in [2.05, 4.69) is 0 Å². The van der Waals surface area contributed by atoms with E-state index < -0.39 is 48.6 Å². The van der Waals surface area contributed by atoms with Crippen LogP contribution in [0, 0.1) is 0 Å².